The number of para-hydroxylation sites is 1. The van der Waals surface area contributed by atoms with Crippen LogP contribution in [-0.4, -0.2) is 17.2 Å². The number of hydrogen-bond donors (Lipinski definition) is 2. The van der Waals surface area contributed by atoms with Crippen LogP contribution in [0.25, 0.3) is 0 Å². The Bertz CT molecular complexity index is 361. The van der Waals surface area contributed by atoms with Crippen molar-refractivity contribution in [3.8, 4) is 5.75 Å². The fraction of sp³-hybridized carbons (Fsp3) is 0.364. The number of anilines is 1. The summed E-state index contributed by atoms with van der Waals surface area (Å²) in [5.41, 5.74) is 6.01. The largest absolute Gasteiger partial charge is 0.479 e. The summed E-state index contributed by atoms with van der Waals surface area (Å²) in [6.07, 6.45) is 0.216. The van der Waals surface area contributed by atoms with Crippen LogP contribution in [-0.2, 0) is 4.79 Å². The molecule has 0 bridgehead atoms. The summed E-state index contributed by atoms with van der Waals surface area (Å²) in [5, 5.41) is 9.26. The number of carboxylic acid groups (broad SMARTS) is 1. The van der Waals surface area contributed by atoms with E-state index < -0.39 is 12.1 Å². The Labute approximate surface area is 99.0 Å². The van der Waals surface area contributed by atoms with Crippen LogP contribution in [0.3, 0.4) is 0 Å². The van der Waals surface area contributed by atoms with Gasteiger partial charge in [0.2, 0.25) is 0 Å². The number of nitrogens with two attached hydrogens (primary N) is 1. The van der Waals surface area contributed by atoms with Crippen LogP contribution < -0.4 is 10.5 Å². The lowest BCUT2D eigenvalue weighted by Gasteiger charge is -2.16. The highest BCUT2D eigenvalue weighted by atomic mass is 35.5. The number of carboxylic acids is 1. The number of ether oxygens (including phenoxy) is 1. The van der Waals surface area contributed by atoms with Crippen molar-refractivity contribution in [2.75, 3.05) is 5.73 Å². The Morgan fingerprint density at radius 2 is 2.31 bits per heavy atom. The number of carbonyl (C=O) groups is 1. The lowest BCUT2D eigenvalue weighted by Crippen LogP contribution is -2.27. The molecule has 1 unspecified atom stereocenters. The van der Waals surface area contributed by atoms with Crippen LogP contribution in [0.2, 0.25) is 5.02 Å². The molecule has 0 fully saturated rings. The highest BCUT2D eigenvalue weighted by molar-refractivity contribution is 6.32. The summed E-state index contributed by atoms with van der Waals surface area (Å²) in [6.45, 7) is 1.88. The average Bonchev–Trinajstić information content (AvgIpc) is 2.21. The third-order valence-corrected chi connectivity index (χ3v) is 2.38. The topological polar surface area (TPSA) is 72.5 Å². The molecule has 0 aromatic heterocycles. The van der Waals surface area contributed by atoms with Gasteiger partial charge < -0.3 is 15.6 Å². The molecule has 1 atom stereocenters. The lowest BCUT2D eigenvalue weighted by molar-refractivity contribution is -0.145. The predicted octanol–water partition coefficient (Wildman–Crippen LogP) is 2.55. The van der Waals surface area contributed by atoms with Crippen LogP contribution in [0, 0.1) is 0 Å². The van der Waals surface area contributed by atoms with Crippen molar-refractivity contribution in [3.63, 3.8) is 0 Å². The zero-order valence-corrected chi connectivity index (χ0v) is 9.70. The lowest BCUT2D eigenvalue weighted by atomic mass is 10.2. The van der Waals surface area contributed by atoms with Crippen LogP contribution in [0.15, 0.2) is 18.2 Å². The Morgan fingerprint density at radius 3 is 2.81 bits per heavy atom. The molecule has 1 aromatic rings. The van der Waals surface area contributed by atoms with E-state index in [4.69, 9.17) is 27.2 Å². The SMILES string of the molecule is CCCC(Oc1c(N)cccc1Cl)C(=O)O. The molecule has 5 heteroatoms. The minimum atomic E-state index is -1.01. The maximum absolute atomic E-state index is 10.9. The van der Waals surface area contributed by atoms with E-state index in [1.807, 2.05) is 6.92 Å². The van der Waals surface area contributed by atoms with Gasteiger partial charge in [0.15, 0.2) is 11.9 Å². The molecule has 0 aliphatic rings. The van der Waals surface area contributed by atoms with Gasteiger partial charge in [0, 0.05) is 0 Å². The molecule has 3 N–H and O–H groups in total. The van der Waals surface area contributed by atoms with Crippen LogP contribution in [0.4, 0.5) is 5.69 Å². The number of hydrogen-bond acceptors (Lipinski definition) is 3. The van der Waals surface area contributed by atoms with E-state index in [9.17, 15) is 4.79 Å². The van der Waals surface area contributed by atoms with Crippen molar-refractivity contribution in [2.24, 2.45) is 0 Å². The molecule has 1 aromatic carbocycles. The Hall–Kier alpha value is -1.42. The summed E-state index contributed by atoms with van der Waals surface area (Å²) < 4.78 is 5.32. The van der Waals surface area contributed by atoms with Gasteiger partial charge in [-0.25, -0.2) is 4.79 Å². The molecule has 0 aliphatic heterocycles. The van der Waals surface area contributed by atoms with Gasteiger partial charge in [-0.05, 0) is 18.6 Å². The average molecular weight is 244 g/mol. The van der Waals surface area contributed by atoms with Crippen molar-refractivity contribution in [1.82, 2.24) is 0 Å². The van der Waals surface area contributed by atoms with E-state index in [2.05, 4.69) is 0 Å². The number of nitrogen functional groups attached to an aromatic ring is 1. The van der Waals surface area contributed by atoms with Gasteiger partial charge >= 0.3 is 5.97 Å². The first-order valence-electron chi connectivity index (χ1n) is 4.99. The molecule has 0 amide bonds. The van der Waals surface area contributed by atoms with E-state index in [0.717, 1.165) is 0 Å². The quantitative estimate of drug-likeness (QED) is 0.780. The maximum Gasteiger partial charge on any atom is 0.344 e. The first kappa shape index (κ1) is 12.6. The number of halogens is 1. The van der Waals surface area contributed by atoms with Gasteiger partial charge in [-0.2, -0.15) is 0 Å². The van der Waals surface area contributed by atoms with Gasteiger partial charge in [-0.1, -0.05) is 31.0 Å². The Kier molecular flexibility index (Phi) is 4.43. The van der Waals surface area contributed by atoms with E-state index in [-0.39, 0.29) is 5.75 Å². The van der Waals surface area contributed by atoms with E-state index >= 15 is 0 Å². The second kappa shape index (κ2) is 5.61. The van der Waals surface area contributed by atoms with Crippen LogP contribution >= 0.6 is 11.6 Å². The molecule has 0 heterocycles. The molecule has 0 saturated carbocycles. The van der Waals surface area contributed by atoms with Crippen molar-refractivity contribution in [1.29, 1.82) is 0 Å². The molecule has 88 valence electrons. The van der Waals surface area contributed by atoms with Gasteiger partial charge in [0.05, 0.1) is 10.7 Å². The zero-order valence-electron chi connectivity index (χ0n) is 8.94. The van der Waals surface area contributed by atoms with Gasteiger partial charge in [0.1, 0.15) is 0 Å². The highest BCUT2D eigenvalue weighted by Crippen LogP contribution is 2.31. The fourth-order valence-electron chi connectivity index (χ4n) is 1.29. The second-order valence-corrected chi connectivity index (χ2v) is 3.80. The Balaban J connectivity index is 2.89. The minimum absolute atomic E-state index is 0.241. The molecule has 4 nitrogen and oxygen atoms in total. The standard InChI is InChI=1S/C11H14ClNO3/c1-2-4-9(11(14)15)16-10-7(12)5-3-6-8(10)13/h3,5-6,9H,2,4,13H2,1H3,(H,14,15). The van der Waals surface area contributed by atoms with Gasteiger partial charge in [-0.15, -0.1) is 0 Å². The molecule has 0 saturated heterocycles. The summed E-state index contributed by atoms with van der Waals surface area (Å²) >= 11 is 5.88. The normalized spacial score (nSPS) is 12.1. The molecule has 0 spiro atoms. The number of benzene rings is 1. The first-order valence-corrected chi connectivity index (χ1v) is 5.37. The van der Waals surface area contributed by atoms with Crippen LogP contribution in [0.1, 0.15) is 19.8 Å². The van der Waals surface area contributed by atoms with E-state index in [1.165, 1.54) is 0 Å². The first-order chi connectivity index (χ1) is 7.56. The summed E-state index contributed by atoms with van der Waals surface area (Å²) in [6, 6.07) is 4.91. The van der Waals surface area contributed by atoms with Crippen molar-refractivity contribution < 1.29 is 14.6 Å². The van der Waals surface area contributed by atoms with Crippen molar-refractivity contribution >= 4 is 23.3 Å². The predicted molar refractivity (Wildman–Crippen MR) is 62.8 cm³/mol. The summed E-state index contributed by atoms with van der Waals surface area (Å²) in [7, 11) is 0. The number of aliphatic carboxylic acids is 1. The molecular formula is C11H14ClNO3. The summed E-state index contributed by atoms with van der Waals surface area (Å²) in [4.78, 5) is 10.9. The summed E-state index contributed by atoms with van der Waals surface area (Å²) in [5.74, 6) is -0.772. The van der Waals surface area contributed by atoms with Gasteiger partial charge in [0.25, 0.3) is 0 Å². The fourth-order valence-corrected chi connectivity index (χ4v) is 1.51. The second-order valence-electron chi connectivity index (χ2n) is 3.39. The number of rotatable bonds is 5. The smallest absolute Gasteiger partial charge is 0.344 e. The van der Waals surface area contributed by atoms with E-state index in [1.54, 1.807) is 18.2 Å². The van der Waals surface area contributed by atoms with Crippen molar-refractivity contribution in [2.45, 2.75) is 25.9 Å². The van der Waals surface area contributed by atoms with Crippen LogP contribution in [0.5, 0.6) is 5.75 Å². The van der Waals surface area contributed by atoms with E-state index in [0.29, 0.717) is 23.6 Å². The molecule has 0 aliphatic carbocycles. The molecule has 1 rings (SSSR count). The highest BCUT2D eigenvalue weighted by Gasteiger charge is 2.20. The molecular weight excluding hydrogens is 230 g/mol. The van der Waals surface area contributed by atoms with Crippen molar-refractivity contribution in [3.05, 3.63) is 23.2 Å². The monoisotopic (exact) mass is 243 g/mol. The third kappa shape index (κ3) is 3.03. The molecule has 0 radical (unpaired) electrons. The zero-order chi connectivity index (χ0) is 12.1. The third-order valence-electron chi connectivity index (χ3n) is 2.08. The Morgan fingerprint density at radius 1 is 1.62 bits per heavy atom. The van der Waals surface area contributed by atoms with Gasteiger partial charge in [-0.3, -0.25) is 0 Å². The minimum Gasteiger partial charge on any atom is -0.479 e. The molecule has 16 heavy (non-hydrogen) atoms. The maximum atomic E-state index is 10.9.